The van der Waals surface area contributed by atoms with E-state index in [4.69, 9.17) is 0 Å². The van der Waals surface area contributed by atoms with Crippen molar-refractivity contribution in [3.05, 3.63) is 67.5 Å². The Morgan fingerprint density at radius 3 is 2.42 bits per heavy atom. The Bertz CT molecular complexity index is 1450. The van der Waals surface area contributed by atoms with Gasteiger partial charge in [-0.25, -0.2) is 9.78 Å². The third-order valence-corrected chi connectivity index (χ3v) is 6.56. The van der Waals surface area contributed by atoms with Gasteiger partial charge in [-0.3, -0.25) is 23.9 Å². The van der Waals surface area contributed by atoms with E-state index in [1.165, 1.54) is 4.57 Å². The van der Waals surface area contributed by atoms with Gasteiger partial charge in [0.05, 0.1) is 10.9 Å². The van der Waals surface area contributed by atoms with Crippen molar-refractivity contribution in [1.82, 2.24) is 19.4 Å². The Morgan fingerprint density at radius 2 is 1.78 bits per heavy atom. The van der Waals surface area contributed by atoms with Gasteiger partial charge in [-0.1, -0.05) is 33.8 Å². The molecular weight excluding hydrogens is 458 g/mol. The van der Waals surface area contributed by atoms with E-state index in [0.717, 1.165) is 25.9 Å². The number of carbonyl (C=O) groups excluding carboxylic acids is 2. The van der Waals surface area contributed by atoms with Gasteiger partial charge in [0.15, 0.2) is 5.65 Å². The Labute approximate surface area is 209 Å². The summed E-state index contributed by atoms with van der Waals surface area (Å²) in [6.45, 7) is 11.4. The van der Waals surface area contributed by atoms with Crippen LogP contribution < -0.4 is 16.6 Å². The molecule has 0 spiro atoms. The number of amides is 2. The van der Waals surface area contributed by atoms with E-state index in [-0.39, 0.29) is 34.3 Å². The van der Waals surface area contributed by atoms with Crippen molar-refractivity contribution in [3.63, 3.8) is 0 Å². The van der Waals surface area contributed by atoms with Gasteiger partial charge in [0, 0.05) is 36.6 Å². The Hall–Kier alpha value is -3.75. The molecule has 36 heavy (non-hydrogen) atoms. The Morgan fingerprint density at radius 1 is 1.08 bits per heavy atom. The molecule has 1 fully saturated rings. The quantitative estimate of drug-likeness (QED) is 0.546. The van der Waals surface area contributed by atoms with E-state index in [0.29, 0.717) is 29.1 Å². The number of rotatable bonds is 6. The molecule has 1 aliphatic rings. The number of nitrogens with zero attached hydrogens (tertiary/aromatic N) is 3. The fourth-order valence-electron chi connectivity index (χ4n) is 4.59. The molecular formula is C27H33N5O4. The second-order valence-corrected chi connectivity index (χ2v) is 10.1. The molecule has 9 heteroatoms. The average molecular weight is 492 g/mol. The zero-order chi connectivity index (χ0) is 26.1. The minimum absolute atomic E-state index is 0.0361. The van der Waals surface area contributed by atoms with E-state index < -0.39 is 17.2 Å². The van der Waals surface area contributed by atoms with Crippen molar-refractivity contribution in [2.45, 2.75) is 59.9 Å². The highest BCUT2D eigenvalue weighted by molar-refractivity contribution is 6.12. The van der Waals surface area contributed by atoms with Gasteiger partial charge in [-0.2, -0.15) is 0 Å². The lowest BCUT2D eigenvalue weighted by Gasteiger charge is -2.19. The van der Waals surface area contributed by atoms with Crippen LogP contribution in [0.4, 0.5) is 5.69 Å². The van der Waals surface area contributed by atoms with Crippen LogP contribution in [0, 0.1) is 12.8 Å². The molecule has 4 rings (SSSR count). The highest BCUT2D eigenvalue weighted by Gasteiger charge is 2.24. The second kappa shape index (κ2) is 10.1. The van der Waals surface area contributed by atoms with E-state index >= 15 is 0 Å². The Kier molecular flexibility index (Phi) is 7.10. The number of H-pyrrole nitrogens is 1. The van der Waals surface area contributed by atoms with Crippen LogP contribution in [0.15, 0.2) is 33.9 Å². The lowest BCUT2D eigenvalue weighted by Crippen LogP contribution is -2.33. The first-order valence-corrected chi connectivity index (χ1v) is 12.5. The van der Waals surface area contributed by atoms with Crippen LogP contribution in [-0.2, 0) is 6.54 Å². The maximum absolute atomic E-state index is 13.6. The molecule has 1 saturated heterocycles. The number of aromatic nitrogens is 3. The van der Waals surface area contributed by atoms with Crippen LogP contribution in [0.25, 0.3) is 11.0 Å². The topological polar surface area (TPSA) is 117 Å². The van der Waals surface area contributed by atoms with Crippen LogP contribution in [0.5, 0.6) is 0 Å². The number of fused-ring (bicyclic) bond motifs is 1. The van der Waals surface area contributed by atoms with Gasteiger partial charge in [0.2, 0.25) is 0 Å². The van der Waals surface area contributed by atoms with Crippen LogP contribution in [0.3, 0.4) is 0 Å². The van der Waals surface area contributed by atoms with Crippen LogP contribution in [0.1, 0.15) is 78.4 Å². The molecule has 0 atom stereocenters. The maximum Gasteiger partial charge on any atom is 0.330 e. The zero-order valence-electron chi connectivity index (χ0n) is 21.5. The number of hydrogen-bond donors (Lipinski definition) is 2. The first-order chi connectivity index (χ1) is 17.1. The molecule has 1 aromatic carbocycles. The summed E-state index contributed by atoms with van der Waals surface area (Å²) in [5.74, 6) is -0.465. The number of carbonyl (C=O) groups is 2. The first-order valence-electron chi connectivity index (χ1n) is 12.5. The third kappa shape index (κ3) is 4.82. The largest absolute Gasteiger partial charge is 0.339 e. The molecule has 3 aromatic rings. The Balaban J connectivity index is 1.81. The molecule has 190 valence electrons. The van der Waals surface area contributed by atoms with Gasteiger partial charge in [-0.15, -0.1) is 0 Å². The van der Waals surface area contributed by atoms with Crippen molar-refractivity contribution in [1.29, 1.82) is 0 Å². The number of hydrogen-bond acceptors (Lipinski definition) is 5. The molecule has 3 heterocycles. The lowest BCUT2D eigenvalue weighted by atomic mass is 10.0. The van der Waals surface area contributed by atoms with E-state index in [1.54, 1.807) is 31.2 Å². The molecule has 2 aromatic heterocycles. The zero-order valence-corrected chi connectivity index (χ0v) is 21.5. The van der Waals surface area contributed by atoms with Gasteiger partial charge in [0.1, 0.15) is 0 Å². The summed E-state index contributed by atoms with van der Waals surface area (Å²) in [4.78, 5) is 60.9. The summed E-state index contributed by atoms with van der Waals surface area (Å²) in [5.41, 5.74) is 1.43. The second-order valence-electron chi connectivity index (χ2n) is 10.1. The summed E-state index contributed by atoms with van der Waals surface area (Å²) < 4.78 is 1.42. The van der Waals surface area contributed by atoms with Crippen LogP contribution in [-0.4, -0.2) is 44.3 Å². The summed E-state index contributed by atoms with van der Waals surface area (Å²) in [6.07, 6.45) is 1.98. The third-order valence-electron chi connectivity index (χ3n) is 6.56. The number of benzene rings is 1. The molecule has 0 unspecified atom stereocenters. The van der Waals surface area contributed by atoms with Crippen molar-refractivity contribution < 1.29 is 9.59 Å². The van der Waals surface area contributed by atoms with Gasteiger partial charge < -0.3 is 10.2 Å². The van der Waals surface area contributed by atoms with Crippen molar-refractivity contribution in [2.75, 3.05) is 18.4 Å². The predicted molar refractivity (Wildman–Crippen MR) is 140 cm³/mol. The van der Waals surface area contributed by atoms with Crippen LogP contribution >= 0.6 is 0 Å². The molecule has 1 aliphatic heterocycles. The minimum atomic E-state index is -0.655. The molecule has 0 saturated carbocycles. The molecule has 0 radical (unpaired) electrons. The van der Waals surface area contributed by atoms with E-state index in [1.807, 2.05) is 32.6 Å². The van der Waals surface area contributed by atoms with Crippen molar-refractivity contribution >= 4 is 28.5 Å². The number of nitrogens with one attached hydrogen (secondary N) is 2. The van der Waals surface area contributed by atoms with Crippen LogP contribution in [0.2, 0.25) is 0 Å². The maximum atomic E-state index is 13.6. The average Bonchev–Trinajstić information content (AvgIpc) is 3.36. The summed E-state index contributed by atoms with van der Waals surface area (Å²) in [5, 5.41) is 2.96. The number of likely N-dealkylation sites (tertiary alicyclic amines) is 1. The SMILES string of the molecule is Cc1c(NC(=O)c2cc(C(C)C)nc3c2c(=O)[nH]c(=O)n3CC(C)C)cccc1C(=O)N1CCCC1. The molecule has 0 bridgehead atoms. The van der Waals surface area contributed by atoms with E-state index in [2.05, 4.69) is 15.3 Å². The molecule has 2 N–H and O–H groups in total. The van der Waals surface area contributed by atoms with Gasteiger partial charge in [-0.05, 0) is 55.4 Å². The highest BCUT2D eigenvalue weighted by atomic mass is 16.2. The summed E-state index contributed by atoms with van der Waals surface area (Å²) in [7, 11) is 0. The fraction of sp³-hybridized carbons (Fsp3) is 0.444. The fourth-order valence-corrected chi connectivity index (χ4v) is 4.59. The first kappa shape index (κ1) is 25.3. The standard InChI is InChI=1S/C27H33N5O4/c1-15(2)14-32-23-22(25(34)30-27(32)36)19(13-21(28-23)16(3)4)24(33)29-20-10-8-9-18(17(20)5)26(35)31-11-6-7-12-31/h8-10,13,15-16H,6-7,11-12,14H2,1-5H3,(H,29,33)(H,30,34,36). The van der Waals surface area contributed by atoms with Gasteiger partial charge in [0.25, 0.3) is 17.4 Å². The van der Waals surface area contributed by atoms with E-state index in [9.17, 15) is 19.2 Å². The molecule has 9 nitrogen and oxygen atoms in total. The normalized spacial score (nSPS) is 13.7. The van der Waals surface area contributed by atoms with Crippen molar-refractivity contribution in [3.8, 4) is 0 Å². The molecule has 0 aliphatic carbocycles. The number of anilines is 1. The minimum Gasteiger partial charge on any atom is -0.339 e. The lowest BCUT2D eigenvalue weighted by molar-refractivity contribution is 0.0791. The number of pyridine rings is 1. The monoisotopic (exact) mass is 491 g/mol. The molecule has 2 amide bonds. The summed E-state index contributed by atoms with van der Waals surface area (Å²) in [6, 6.07) is 6.85. The predicted octanol–water partition coefficient (Wildman–Crippen LogP) is 3.66. The summed E-state index contributed by atoms with van der Waals surface area (Å²) >= 11 is 0. The highest BCUT2D eigenvalue weighted by Crippen LogP contribution is 2.25. The van der Waals surface area contributed by atoms with Gasteiger partial charge >= 0.3 is 5.69 Å². The smallest absolute Gasteiger partial charge is 0.330 e. The van der Waals surface area contributed by atoms with Crippen molar-refractivity contribution in [2.24, 2.45) is 5.92 Å². The number of aromatic amines is 1.